The zero-order valence-corrected chi connectivity index (χ0v) is 12.3. The highest BCUT2D eigenvalue weighted by Crippen LogP contribution is 2.10. The Labute approximate surface area is 113 Å². The lowest BCUT2D eigenvalue weighted by molar-refractivity contribution is 0.139. The second-order valence-electron chi connectivity index (χ2n) is 4.28. The molecule has 0 aliphatic carbocycles. The van der Waals surface area contributed by atoms with Crippen molar-refractivity contribution in [3.8, 4) is 0 Å². The summed E-state index contributed by atoms with van der Waals surface area (Å²) in [6.07, 6.45) is 2.40. The van der Waals surface area contributed by atoms with Gasteiger partial charge in [0.05, 0.1) is 19.3 Å². The van der Waals surface area contributed by atoms with Crippen LogP contribution in [0.4, 0.5) is 0 Å². The maximum Gasteiger partial charge on any atom is 0.260 e. The Morgan fingerprint density at radius 2 is 2.26 bits per heavy atom. The highest BCUT2D eigenvalue weighted by molar-refractivity contribution is 7.89. The van der Waals surface area contributed by atoms with Crippen molar-refractivity contribution >= 4 is 10.0 Å². The highest BCUT2D eigenvalue weighted by atomic mass is 32.2. The summed E-state index contributed by atoms with van der Waals surface area (Å²) in [5.41, 5.74) is 0. The summed E-state index contributed by atoms with van der Waals surface area (Å²) in [6, 6.07) is -0.674. The highest BCUT2D eigenvalue weighted by Gasteiger charge is 2.23. The number of rotatable bonds is 8. The zero-order valence-electron chi connectivity index (χ0n) is 11.5. The van der Waals surface area contributed by atoms with Gasteiger partial charge in [0.15, 0.2) is 5.03 Å². The fourth-order valence-corrected chi connectivity index (χ4v) is 2.90. The van der Waals surface area contributed by atoms with Crippen molar-refractivity contribution < 1.29 is 18.3 Å². The lowest BCUT2D eigenvalue weighted by Crippen LogP contribution is -2.40. The van der Waals surface area contributed by atoms with E-state index in [1.54, 1.807) is 11.5 Å². The third-order valence-corrected chi connectivity index (χ3v) is 3.99. The fraction of sp³-hybridized carbons (Fsp3) is 0.727. The van der Waals surface area contributed by atoms with Crippen LogP contribution >= 0.6 is 0 Å². The number of hydrogen-bond donors (Lipinski definition) is 2. The molecule has 0 spiro atoms. The van der Waals surface area contributed by atoms with Gasteiger partial charge < -0.3 is 14.4 Å². The summed E-state index contributed by atoms with van der Waals surface area (Å²) < 4.78 is 33.2. The van der Waals surface area contributed by atoms with Crippen molar-refractivity contribution in [2.24, 2.45) is 0 Å². The molecule has 19 heavy (non-hydrogen) atoms. The molecule has 0 bridgehead atoms. The van der Waals surface area contributed by atoms with Crippen LogP contribution in [0.2, 0.25) is 0 Å². The predicted octanol–water partition coefficient (Wildman–Crippen LogP) is -0.113. The van der Waals surface area contributed by atoms with Gasteiger partial charge in [-0.15, -0.1) is 0 Å². The average Bonchev–Trinajstić information content (AvgIpc) is 2.72. The van der Waals surface area contributed by atoms with Crippen molar-refractivity contribution in [1.82, 2.24) is 14.3 Å². The van der Waals surface area contributed by atoms with Gasteiger partial charge in [0.2, 0.25) is 0 Å². The summed E-state index contributed by atoms with van der Waals surface area (Å²) in [7, 11) is -2.29. The monoisotopic (exact) mass is 291 g/mol. The van der Waals surface area contributed by atoms with Gasteiger partial charge in [0.1, 0.15) is 5.82 Å². The molecule has 0 saturated heterocycles. The molecule has 0 saturated carbocycles. The van der Waals surface area contributed by atoms with Crippen molar-refractivity contribution in [3.05, 3.63) is 12.0 Å². The minimum atomic E-state index is -3.74. The van der Waals surface area contributed by atoms with E-state index < -0.39 is 16.1 Å². The van der Waals surface area contributed by atoms with Crippen molar-refractivity contribution in [3.63, 3.8) is 0 Å². The summed E-state index contributed by atoms with van der Waals surface area (Å²) in [5.74, 6) is 0.648. The van der Waals surface area contributed by atoms with Crippen LogP contribution in [0.25, 0.3) is 0 Å². The van der Waals surface area contributed by atoms with Crippen LogP contribution in [-0.2, 0) is 21.3 Å². The van der Waals surface area contributed by atoms with E-state index in [0.717, 1.165) is 13.0 Å². The van der Waals surface area contributed by atoms with Crippen LogP contribution in [0.15, 0.2) is 11.2 Å². The summed E-state index contributed by atoms with van der Waals surface area (Å²) >= 11 is 0. The number of ether oxygens (including phenoxy) is 1. The SMILES string of the molecule is CCCn1cc(S(=O)(=O)NC(CO)COC)nc1C. The van der Waals surface area contributed by atoms with Crippen molar-refractivity contribution in [1.29, 1.82) is 0 Å². The van der Waals surface area contributed by atoms with Gasteiger partial charge in [0, 0.05) is 19.9 Å². The van der Waals surface area contributed by atoms with Gasteiger partial charge in [0.25, 0.3) is 10.0 Å². The molecule has 0 aliphatic heterocycles. The summed E-state index contributed by atoms with van der Waals surface area (Å²) in [5, 5.41) is 9.04. The van der Waals surface area contributed by atoms with Gasteiger partial charge >= 0.3 is 0 Å². The number of imidazole rings is 1. The Bertz CT molecular complexity index is 498. The average molecular weight is 291 g/mol. The number of aliphatic hydroxyl groups is 1. The number of nitrogens with one attached hydrogen (secondary N) is 1. The van der Waals surface area contributed by atoms with Gasteiger partial charge in [-0.25, -0.2) is 18.1 Å². The second kappa shape index (κ2) is 6.99. The maximum atomic E-state index is 12.1. The van der Waals surface area contributed by atoms with Gasteiger partial charge in [-0.3, -0.25) is 0 Å². The first-order valence-corrected chi connectivity index (χ1v) is 7.58. The Hall–Kier alpha value is -0.960. The van der Waals surface area contributed by atoms with Crippen LogP contribution in [0.5, 0.6) is 0 Å². The van der Waals surface area contributed by atoms with Gasteiger partial charge in [-0.05, 0) is 13.3 Å². The quantitative estimate of drug-likeness (QED) is 0.697. The van der Waals surface area contributed by atoms with Crippen LogP contribution in [0.3, 0.4) is 0 Å². The van der Waals surface area contributed by atoms with E-state index in [4.69, 9.17) is 9.84 Å². The first kappa shape index (κ1) is 16.1. The van der Waals surface area contributed by atoms with Gasteiger partial charge in [-0.2, -0.15) is 0 Å². The third kappa shape index (κ3) is 4.27. The minimum Gasteiger partial charge on any atom is -0.395 e. The van der Waals surface area contributed by atoms with Crippen LogP contribution in [0.1, 0.15) is 19.2 Å². The summed E-state index contributed by atoms with van der Waals surface area (Å²) in [6.45, 7) is 4.25. The van der Waals surface area contributed by atoms with E-state index in [1.807, 2.05) is 6.92 Å². The molecule has 0 radical (unpaired) electrons. The number of aliphatic hydroxyl groups excluding tert-OH is 1. The number of methoxy groups -OCH3 is 1. The molecule has 110 valence electrons. The largest absolute Gasteiger partial charge is 0.395 e. The smallest absolute Gasteiger partial charge is 0.260 e. The summed E-state index contributed by atoms with van der Waals surface area (Å²) in [4.78, 5) is 4.04. The molecule has 1 unspecified atom stereocenters. The molecule has 1 heterocycles. The van der Waals surface area contributed by atoms with E-state index in [-0.39, 0.29) is 18.2 Å². The van der Waals surface area contributed by atoms with E-state index in [9.17, 15) is 8.42 Å². The number of aromatic nitrogens is 2. The third-order valence-electron chi connectivity index (χ3n) is 2.60. The predicted molar refractivity (Wildman–Crippen MR) is 70.3 cm³/mol. The van der Waals surface area contributed by atoms with Crippen LogP contribution in [-0.4, -0.2) is 49.4 Å². The molecule has 0 aliphatic rings. The Morgan fingerprint density at radius 3 is 2.79 bits per heavy atom. The van der Waals surface area contributed by atoms with Crippen LogP contribution in [0, 0.1) is 6.92 Å². The molecular formula is C11H21N3O4S. The molecule has 0 fully saturated rings. The maximum absolute atomic E-state index is 12.1. The lowest BCUT2D eigenvalue weighted by Gasteiger charge is -2.14. The number of hydrogen-bond acceptors (Lipinski definition) is 5. The Kier molecular flexibility index (Phi) is 5.92. The van der Waals surface area contributed by atoms with E-state index >= 15 is 0 Å². The Balaban J connectivity index is 2.90. The van der Waals surface area contributed by atoms with E-state index in [1.165, 1.54) is 13.3 Å². The second-order valence-corrected chi connectivity index (χ2v) is 5.94. The van der Waals surface area contributed by atoms with E-state index in [2.05, 4.69) is 9.71 Å². The number of sulfonamides is 1. The molecule has 8 heteroatoms. The lowest BCUT2D eigenvalue weighted by atomic mass is 10.4. The van der Waals surface area contributed by atoms with Crippen molar-refractivity contribution in [2.45, 2.75) is 37.9 Å². The molecule has 7 nitrogen and oxygen atoms in total. The van der Waals surface area contributed by atoms with Crippen LogP contribution < -0.4 is 4.72 Å². The van der Waals surface area contributed by atoms with Gasteiger partial charge in [-0.1, -0.05) is 6.92 Å². The van der Waals surface area contributed by atoms with Crippen molar-refractivity contribution in [2.75, 3.05) is 20.3 Å². The molecule has 2 N–H and O–H groups in total. The minimum absolute atomic E-state index is 0.0343. The topological polar surface area (TPSA) is 93.5 Å². The molecule has 0 aromatic carbocycles. The normalized spacial score (nSPS) is 13.7. The first-order valence-electron chi connectivity index (χ1n) is 6.10. The molecule has 1 rings (SSSR count). The molecule has 1 atom stereocenters. The number of nitrogens with zero attached hydrogens (tertiary/aromatic N) is 2. The Morgan fingerprint density at radius 1 is 1.58 bits per heavy atom. The standard InChI is InChI=1S/C11H21N3O4S/c1-4-5-14-6-11(12-9(14)2)19(16,17)13-10(7-15)8-18-3/h6,10,13,15H,4-5,7-8H2,1-3H3. The molecule has 1 aromatic heterocycles. The first-order chi connectivity index (χ1) is 8.94. The fourth-order valence-electron chi connectivity index (χ4n) is 1.68. The number of aryl methyl sites for hydroxylation is 2. The molecule has 1 aromatic rings. The zero-order chi connectivity index (χ0) is 14.5. The van der Waals surface area contributed by atoms with E-state index in [0.29, 0.717) is 5.82 Å². The molecular weight excluding hydrogens is 270 g/mol. The molecule has 0 amide bonds.